The molecule has 2 aromatic carbocycles. The van der Waals surface area contributed by atoms with Gasteiger partial charge in [0.05, 0.1) is 22.8 Å². The Hall–Kier alpha value is -2.92. The molecule has 1 amide bonds. The highest BCUT2D eigenvalue weighted by Gasteiger charge is 2.31. The first-order valence-electron chi connectivity index (χ1n) is 12.9. The number of thiophene rings is 1. The number of hydrogen-bond acceptors (Lipinski definition) is 7. The maximum Gasteiger partial charge on any atom is 0.341 e. The van der Waals surface area contributed by atoms with Crippen molar-refractivity contribution in [3.8, 4) is 0 Å². The standard InChI is InChI=1S/C28H31N3O5S2.ClH/c1-3-30-17-15-22-24(18-30)37-27(25(22)28(33)36-4-2)29-26(32)20-11-13-21(14-12-20)38(34,35)31-16-7-9-19-8-5-6-10-23(19)31;/h5-6,8,10-14H,3-4,7,9,15-18H2,1-2H3,(H,29,32);1H. The number of amides is 1. The summed E-state index contributed by atoms with van der Waals surface area (Å²) >= 11 is 1.40. The molecule has 8 nitrogen and oxygen atoms in total. The molecule has 1 N–H and O–H groups in total. The number of nitrogens with one attached hydrogen (secondary N) is 1. The average molecular weight is 590 g/mol. The minimum atomic E-state index is -3.77. The maximum atomic E-state index is 13.4. The summed E-state index contributed by atoms with van der Waals surface area (Å²) < 4.78 is 33.6. The number of fused-ring (bicyclic) bond motifs is 2. The fraction of sp³-hybridized carbons (Fsp3) is 0.357. The first kappa shape index (κ1) is 29.1. The maximum absolute atomic E-state index is 13.4. The Morgan fingerprint density at radius 2 is 1.77 bits per heavy atom. The number of ether oxygens (including phenoxy) is 1. The van der Waals surface area contributed by atoms with Crippen LogP contribution >= 0.6 is 23.7 Å². The van der Waals surface area contributed by atoms with Crippen molar-refractivity contribution in [2.24, 2.45) is 0 Å². The van der Waals surface area contributed by atoms with Crippen LogP contribution in [0.5, 0.6) is 0 Å². The molecule has 0 saturated carbocycles. The Morgan fingerprint density at radius 3 is 2.49 bits per heavy atom. The van der Waals surface area contributed by atoms with Crippen LogP contribution in [0.2, 0.25) is 0 Å². The Morgan fingerprint density at radius 1 is 1.03 bits per heavy atom. The van der Waals surface area contributed by atoms with Gasteiger partial charge in [0.15, 0.2) is 0 Å². The second-order valence-electron chi connectivity index (χ2n) is 9.34. The van der Waals surface area contributed by atoms with E-state index in [1.54, 1.807) is 6.92 Å². The Kier molecular flexibility index (Phi) is 9.00. The van der Waals surface area contributed by atoms with E-state index >= 15 is 0 Å². The van der Waals surface area contributed by atoms with Crippen LogP contribution in [0.1, 0.15) is 57.0 Å². The summed E-state index contributed by atoms with van der Waals surface area (Å²) in [5, 5.41) is 3.36. The van der Waals surface area contributed by atoms with E-state index in [1.165, 1.54) is 39.9 Å². The molecule has 0 radical (unpaired) electrons. The van der Waals surface area contributed by atoms with Crippen molar-refractivity contribution < 1.29 is 22.7 Å². The van der Waals surface area contributed by atoms with Crippen molar-refractivity contribution in [2.45, 2.75) is 44.6 Å². The molecule has 2 aliphatic rings. The summed E-state index contributed by atoms with van der Waals surface area (Å²) in [6.07, 6.45) is 2.31. The Bertz CT molecular complexity index is 1470. The summed E-state index contributed by atoms with van der Waals surface area (Å²) in [5.41, 5.74) is 3.39. The van der Waals surface area contributed by atoms with Crippen LogP contribution in [0.15, 0.2) is 53.4 Å². The van der Waals surface area contributed by atoms with Gasteiger partial charge in [0, 0.05) is 30.1 Å². The number of benzene rings is 2. The van der Waals surface area contributed by atoms with Crippen molar-refractivity contribution in [2.75, 3.05) is 35.9 Å². The molecular formula is C28H32ClN3O5S2. The van der Waals surface area contributed by atoms with Crippen LogP contribution in [-0.2, 0) is 34.1 Å². The van der Waals surface area contributed by atoms with Gasteiger partial charge in [-0.1, -0.05) is 25.1 Å². The summed E-state index contributed by atoms with van der Waals surface area (Å²) in [4.78, 5) is 29.5. The number of para-hydroxylation sites is 1. The molecule has 0 atom stereocenters. The number of esters is 1. The number of anilines is 2. The second kappa shape index (κ2) is 12.1. The summed E-state index contributed by atoms with van der Waals surface area (Å²) in [7, 11) is -3.77. The number of nitrogens with zero attached hydrogens (tertiary/aromatic N) is 2. The van der Waals surface area contributed by atoms with Crippen LogP contribution in [0.4, 0.5) is 10.7 Å². The van der Waals surface area contributed by atoms with E-state index in [2.05, 4.69) is 17.1 Å². The number of carbonyl (C=O) groups is 2. The van der Waals surface area contributed by atoms with E-state index in [9.17, 15) is 18.0 Å². The van der Waals surface area contributed by atoms with Gasteiger partial charge >= 0.3 is 5.97 Å². The molecule has 1 aromatic heterocycles. The van der Waals surface area contributed by atoms with Crippen LogP contribution in [0.3, 0.4) is 0 Å². The summed E-state index contributed by atoms with van der Waals surface area (Å²) in [5.74, 6) is -0.845. The third kappa shape index (κ3) is 5.70. The molecule has 0 unspecified atom stereocenters. The van der Waals surface area contributed by atoms with E-state index in [4.69, 9.17) is 4.74 Å². The minimum absolute atomic E-state index is 0. The van der Waals surface area contributed by atoms with E-state index < -0.39 is 21.9 Å². The molecule has 0 aliphatic carbocycles. The highest BCUT2D eigenvalue weighted by molar-refractivity contribution is 7.92. The Labute approximate surface area is 239 Å². The number of carbonyl (C=O) groups excluding carboxylic acids is 2. The number of sulfonamides is 1. The molecule has 3 aromatic rings. The molecule has 5 rings (SSSR count). The van der Waals surface area contributed by atoms with Crippen molar-refractivity contribution in [3.05, 3.63) is 75.7 Å². The van der Waals surface area contributed by atoms with Gasteiger partial charge in [0.2, 0.25) is 0 Å². The third-order valence-electron chi connectivity index (χ3n) is 7.06. The molecule has 0 spiro atoms. The molecule has 0 saturated heterocycles. The van der Waals surface area contributed by atoms with Crippen molar-refractivity contribution in [1.29, 1.82) is 0 Å². The smallest absolute Gasteiger partial charge is 0.341 e. The monoisotopic (exact) mass is 589 g/mol. The predicted molar refractivity (Wildman–Crippen MR) is 156 cm³/mol. The van der Waals surface area contributed by atoms with Crippen LogP contribution in [0, 0.1) is 0 Å². The van der Waals surface area contributed by atoms with Crippen molar-refractivity contribution in [3.63, 3.8) is 0 Å². The van der Waals surface area contributed by atoms with Gasteiger partial charge in [0.1, 0.15) is 5.00 Å². The van der Waals surface area contributed by atoms with Crippen molar-refractivity contribution in [1.82, 2.24) is 4.90 Å². The van der Waals surface area contributed by atoms with Gasteiger partial charge in [-0.2, -0.15) is 0 Å². The first-order chi connectivity index (χ1) is 18.3. The molecule has 2 aliphatic heterocycles. The van der Waals surface area contributed by atoms with Crippen molar-refractivity contribution >= 4 is 56.3 Å². The molecule has 0 bridgehead atoms. The zero-order chi connectivity index (χ0) is 26.9. The lowest BCUT2D eigenvalue weighted by Crippen LogP contribution is -2.35. The lowest BCUT2D eigenvalue weighted by molar-refractivity contribution is 0.0526. The quantitative estimate of drug-likeness (QED) is 0.384. The topological polar surface area (TPSA) is 96.0 Å². The van der Waals surface area contributed by atoms with E-state index in [0.717, 1.165) is 54.9 Å². The summed E-state index contributed by atoms with van der Waals surface area (Å²) in [6.45, 7) is 6.99. The van der Waals surface area contributed by atoms with Crippen LogP contribution in [-0.4, -0.2) is 51.4 Å². The molecular weight excluding hydrogens is 558 g/mol. The molecule has 39 heavy (non-hydrogen) atoms. The van der Waals surface area contributed by atoms with Crippen LogP contribution in [0.25, 0.3) is 0 Å². The first-order valence-corrected chi connectivity index (χ1v) is 15.1. The van der Waals surface area contributed by atoms with Gasteiger partial charge in [-0.05, 0) is 74.2 Å². The largest absolute Gasteiger partial charge is 0.462 e. The zero-order valence-electron chi connectivity index (χ0n) is 21.9. The number of rotatable bonds is 7. The highest BCUT2D eigenvalue weighted by atomic mass is 35.5. The van der Waals surface area contributed by atoms with E-state index in [-0.39, 0.29) is 23.9 Å². The number of halogens is 1. The van der Waals surface area contributed by atoms with Gasteiger partial charge in [0.25, 0.3) is 15.9 Å². The van der Waals surface area contributed by atoms with E-state index in [0.29, 0.717) is 28.4 Å². The fourth-order valence-corrected chi connectivity index (χ4v) is 7.88. The molecule has 0 fully saturated rings. The van der Waals surface area contributed by atoms with Gasteiger partial charge in [-0.25, -0.2) is 13.2 Å². The third-order valence-corrected chi connectivity index (χ3v) is 10.0. The zero-order valence-corrected chi connectivity index (χ0v) is 24.4. The fourth-order valence-electron chi connectivity index (χ4n) is 5.06. The normalized spacial score (nSPS) is 15.1. The lowest BCUT2D eigenvalue weighted by atomic mass is 10.0. The molecule has 3 heterocycles. The predicted octanol–water partition coefficient (Wildman–Crippen LogP) is 5.12. The number of likely N-dealkylation sites (N-methyl/N-ethyl adjacent to an activating group) is 1. The van der Waals surface area contributed by atoms with Crippen LogP contribution < -0.4 is 9.62 Å². The molecule has 208 valence electrons. The lowest BCUT2D eigenvalue weighted by Gasteiger charge is -2.30. The van der Waals surface area contributed by atoms with Gasteiger partial charge in [-0.15, -0.1) is 23.7 Å². The van der Waals surface area contributed by atoms with Gasteiger partial charge in [-0.3, -0.25) is 14.0 Å². The Balaban J connectivity index is 0.00000353. The molecule has 11 heteroatoms. The number of hydrogen-bond donors (Lipinski definition) is 1. The number of aryl methyl sites for hydroxylation is 1. The average Bonchev–Trinajstić information content (AvgIpc) is 3.29. The van der Waals surface area contributed by atoms with E-state index in [1.807, 2.05) is 24.3 Å². The second-order valence-corrected chi connectivity index (χ2v) is 12.3. The van der Waals surface area contributed by atoms with Gasteiger partial charge < -0.3 is 10.1 Å². The SMILES string of the molecule is CCOC(=O)c1c(NC(=O)c2ccc(S(=O)(=O)N3CCCc4ccccc43)cc2)sc2c1CCN(CC)C2.Cl. The summed E-state index contributed by atoms with van der Waals surface area (Å²) in [6, 6.07) is 13.5. The minimum Gasteiger partial charge on any atom is -0.462 e. The highest BCUT2D eigenvalue weighted by Crippen LogP contribution is 2.38.